The SMILES string of the molecule is Cc1ccc(C(CC(O)O)c2ccc3c(nnn3C)c2C)cc1CN1Cc2ccccc2O[C@@H](C)C1. The second kappa shape index (κ2) is 10.0. The number of nitrogens with zero attached hydrogens (tertiary/aromatic N) is 4. The van der Waals surface area contributed by atoms with Gasteiger partial charge in [0.1, 0.15) is 17.4 Å². The quantitative estimate of drug-likeness (QED) is 0.398. The summed E-state index contributed by atoms with van der Waals surface area (Å²) in [6, 6.07) is 18.8. The summed E-state index contributed by atoms with van der Waals surface area (Å²) in [5.74, 6) is 0.785. The Labute approximate surface area is 211 Å². The molecule has 0 spiro atoms. The van der Waals surface area contributed by atoms with E-state index in [0.717, 1.165) is 53.1 Å². The summed E-state index contributed by atoms with van der Waals surface area (Å²) < 4.78 is 7.92. The molecular formula is C29H34N4O3. The van der Waals surface area contributed by atoms with Crippen LogP contribution >= 0.6 is 0 Å². The van der Waals surface area contributed by atoms with Crippen LogP contribution in [0.25, 0.3) is 11.0 Å². The lowest BCUT2D eigenvalue weighted by molar-refractivity contribution is -0.0477. The first-order valence-corrected chi connectivity index (χ1v) is 12.5. The monoisotopic (exact) mass is 486 g/mol. The van der Waals surface area contributed by atoms with Crippen molar-refractivity contribution in [1.29, 1.82) is 0 Å². The normalized spacial score (nSPS) is 17.1. The average molecular weight is 487 g/mol. The number of hydrogen-bond acceptors (Lipinski definition) is 6. The van der Waals surface area contributed by atoms with Gasteiger partial charge >= 0.3 is 0 Å². The van der Waals surface area contributed by atoms with Gasteiger partial charge in [0.25, 0.3) is 0 Å². The average Bonchev–Trinajstić information content (AvgIpc) is 3.13. The van der Waals surface area contributed by atoms with Gasteiger partial charge in [-0.3, -0.25) is 4.90 Å². The van der Waals surface area contributed by atoms with Crippen LogP contribution in [0.5, 0.6) is 5.75 Å². The zero-order valence-corrected chi connectivity index (χ0v) is 21.3. The van der Waals surface area contributed by atoms with Crippen LogP contribution in [0, 0.1) is 13.8 Å². The van der Waals surface area contributed by atoms with Crippen LogP contribution in [0.15, 0.2) is 54.6 Å². The van der Waals surface area contributed by atoms with E-state index in [0.29, 0.717) is 0 Å². The summed E-state index contributed by atoms with van der Waals surface area (Å²) in [5, 5.41) is 28.5. The van der Waals surface area contributed by atoms with Gasteiger partial charge in [-0.1, -0.05) is 47.7 Å². The van der Waals surface area contributed by atoms with E-state index < -0.39 is 6.29 Å². The smallest absolute Gasteiger partial charge is 0.152 e. The van der Waals surface area contributed by atoms with Gasteiger partial charge in [0, 0.05) is 44.6 Å². The van der Waals surface area contributed by atoms with Gasteiger partial charge in [-0.05, 0) is 60.7 Å². The number of aryl methyl sites for hydroxylation is 3. The number of para-hydroxylation sites is 1. The lowest BCUT2D eigenvalue weighted by atomic mass is 9.84. The Hall–Kier alpha value is -3.26. The highest BCUT2D eigenvalue weighted by Gasteiger charge is 2.24. The third-order valence-corrected chi connectivity index (χ3v) is 7.28. The fourth-order valence-electron chi connectivity index (χ4n) is 5.39. The Morgan fingerprint density at radius 3 is 2.69 bits per heavy atom. The molecule has 1 aliphatic rings. The summed E-state index contributed by atoms with van der Waals surface area (Å²) in [6.45, 7) is 8.73. The molecule has 188 valence electrons. The number of aliphatic hydroxyl groups excluding tert-OH is 1. The van der Waals surface area contributed by atoms with Crippen molar-refractivity contribution in [3.05, 3.63) is 88.0 Å². The molecule has 1 unspecified atom stereocenters. The highest BCUT2D eigenvalue weighted by atomic mass is 16.5. The van der Waals surface area contributed by atoms with Gasteiger partial charge in [0.15, 0.2) is 6.29 Å². The predicted molar refractivity (Wildman–Crippen MR) is 140 cm³/mol. The number of rotatable bonds is 6. The maximum absolute atomic E-state index is 9.99. The van der Waals surface area contributed by atoms with E-state index >= 15 is 0 Å². The molecule has 2 heterocycles. The van der Waals surface area contributed by atoms with E-state index in [1.165, 1.54) is 16.7 Å². The van der Waals surface area contributed by atoms with Crippen LogP contribution in [-0.2, 0) is 20.1 Å². The first-order valence-electron chi connectivity index (χ1n) is 12.5. The zero-order chi connectivity index (χ0) is 25.4. The van der Waals surface area contributed by atoms with Crippen molar-refractivity contribution in [3.63, 3.8) is 0 Å². The molecule has 3 aromatic carbocycles. The van der Waals surface area contributed by atoms with E-state index in [4.69, 9.17) is 4.74 Å². The van der Waals surface area contributed by atoms with Crippen LogP contribution in [0.3, 0.4) is 0 Å². The zero-order valence-electron chi connectivity index (χ0n) is 21.3. The Balaban J connectivity index is 1.49. The molecule has 0 aliphatic carbocycles. The minimum Gasteiger partial charge on any atom is -0.489 e. The van der Waals surface area contributed by atoms with Crippen LogP contribution in [0.4, 0.5) is 0 Å². The first kappa shape index (κ1) is 24.4. The van der Waals surface area contributed by atoms with Crippen molar-refractivity contribution in [3.8, 4) is 5.75 Å². The molecule has 36 heavy (non-hydrogen) atoms. The highest BCUT2D eigenvalue weighted by Crippen LogP contribution is 2.35. The van der Waals surface area contributed by atoms with E-state index in [2.05, 4.69) is 65.5 Å². The number of hydrogen-bond donors (Lipinski definition) is 2. The molecule has 1 aromatic heterocycles. The lowest BCUT2D eigenvalue weighted by Gasteiger charge is -2.25. The molecule has 0 saturated carbocycles. The van der Waals surface area contributed by atoms with E-state index in [1.54, 1.807) is 4.68 Å². The number of aromatic nitrogens is 3. The molecule has 0 amide bonds. The van der Waals surface area contributed by atoms with Crippen LogP contribution < -0.4 is 4.74 Å². The van der Waals surface area contributed by atoms with Crippen LogP contribution in [0.1, 0.15) is 52.6 Å². The first-order chi connectivity index (χ1) is 17.3. The summed E-state index contributed by atoms with van der Waals surface area (Å²) in [7, 11) is 1.88. The van der Waals surface area contributed by atoms with Crippen LogP contribution in [0.2, 0.25) is 0 Å². The van der Waals surface area contributed by atoms with Crippen molar-refractivity contribution in [1.82, 2.24) is 19.9 Å². The molecule has 2 atom stereocenters. The number of ether oxygens (including phenoxy) is 1. The van der Waals surface area contributed by atoms with Crippen molar-refractivity contribution < 1.29 is 14.9 Å². The fraction of sp³-hybridized carbons (Fsp3) is 0.379. The minimum absolute atomic E-state index is 0.0933. The molecule has 7 heteroatoms. The molecule has 7 nitrogen and oxygen atoms in total. The topological polar surface area (TPSA) is 83.6 Å². The van der Waals surface area contributed by atoms with Gasteiger partial charge in [-0.2, -0.15) is 0 Å². The third-order valence-electron chi connectivity index (χ3n) is 7.28. The summed E-state index contributed by atoms with van der Waals surface area (Å²) in [6.07, 6.45) is -1.12. The third kappa shape index (κ3) is 4.87. The molecular weight excluding hydrogens is 452 g/mol. The maximum atomic E-state index is 9.99. The molecule has 0 bridgehead atoms. The number of benzene rings is 3. The second-order valence-corrected chi connectivity index (χ2v) is 10.0. The number of fused-ring (bicyclic) bond motifs is 2. The van der Waals surface area contributed by atoms with Gasteiger partial charge in [0.05, 0.1) is 5.52 Å². The standard InChI is InChI=1S/C29H34N4O3/c1-18-9-10-21(13-23(18)17-33-15-19(2)36-27-8-6-5-7-22(27)16-33)25(14-28(34)35)24-11-12-26-29(20(24)3)30-31-32(26)4/h5-13,19,25,28,34-35H,14-17H2,1-4H3/t19-,25?/m0/s1. The molecule has 0 radical (unpaired) electrons. The Morgan fingerprint density at radius 2 is 1.89 bits per heavy atom. The van der Waals surface area contributed by atoms with Gasteiger partial charge < -0.3 is 14.9 Å². The lowest BCUT2D eigenvalue weighted by Crippen LogP contribution is -2.30. The van der Waals surface area contributed by atoms with Gasteiger partial charge in [-0.15, -0.1) is 5.10 Å². The fourth-order valence-corrected chi connectivity index (χ4v) is 5.39. The Kier molecular flexibility index (Phi) is 6.79. The van der Waals surface area contributed by atoms with Crippen molar-refractivity contribution >= 4 is 11.0 Å². The van der Waals surface area contributed by atoms with Gasteiger partial charge in [-0.25, -0.2) is 4.68 Å². The molecule has 0 fully saturated rings. The largest absolute Gasteiger partial charge is 0.489 e. The van der Waals surface area contributed by atoms with Crippen molar-refractivity contribution in [2.24, 2.45) is 7.05 Å². The van der Waals surface area contributed by atoms with Crippen molar-refractivity contribution in [2.75, 3.05) is 6.54 Å². The highest BCUT2D eigenvalue weighted by molar-refractivity contribution is 5.79. The van der Waals surface area contributed by atoms with Crippen LogP contribution in [-0.4, -0.2) is 49.0 Å². The van der Waals surface area contributed by atoms with Crippen molar-refractivity contribution in [2.45, 2.75) is 58.6 Å². The second-order valence-electron chi connectivity index (χ2n) is 10.0. The minimum atomic E-state index is -1.42. The molecule has 0 saturated heterocycles. The molecule has 1 aliphatic heterocycles. The van der Waals surface area contributed by atoms with E-state index in [9.17, 15) is 10.2 Å². The van der Waals surface area contributed by atoms with E-state index in [-0.39, 0.29) is 18.4 Å². The summed E-state index contributed by atoms with van der Waals surface area (Å²) >= 11 is 0. The molecule has 5 rings (SSSR count). The summed E-state index contributed by atoms with van der Waals surface area (Å²) in [5.41, 5.74) is 8.57. The van der Waals surface area contributed by atoms with Gasteiger partial charge in [0.2, 0.25) is 0 Å². The maximum Gasteiger partial charge on any atom is 0.152 e. The summed E-state index contributed by atoms with van der Waals surface area (Å²) in [4.78, 5) is 2.43. The molecule has 4 aromatic rings. The molecule has 2 N–H and O–H groups in total. The predicted octanol–water partition coefficient (Wildman–Crippen LogP) is 4.20. The Morgan fingerprint density at radius 1 is 1.08 bits per heavy atom. The van der Waals surface area contributed by atoms with E-state index in [1.807, 2.05) is 32.2 Å². The number of aliphatic hydroxyl groups is 2. The Bertz CT molecular complexity index is 1380.